The highest BCUT2D eigenvalue weighted by Gasteiger charge is 2.34. The summed E-state index contributed by atoms with van der Waals surface area (Å²) in [4.78, 5) is 12.5. The lowest BCUT2D eigenvalue weighted by atomic mass is 9.90. The van der Waals surface area contributed by atoms with Crippen LogP contribution in [0.3, 0.4) is 0 Å². The van der Waals surface area contributed by atoms with Gasteiger partial charge in [0, 0.05) is 38.8 Å². The van der Waals surface area contributed by atoms with Crippen LogP contribution in [0.5, 0.6) is 0 Å². The second kappa shape index (κ2) is 8.42. The second-order valence-electron chi connectivity index (χ2n) is 6.13. The van der Waals surface area contributed by atoms with E-state index < -0.39 is 11.9 Å². The van der Waals surface area contributed by atoms with Crippen molar-refractivity contribution in [3.05, 3.63) is 53.6 Å². The van der Waals surface area contributed by atoms with Gasteiger partial charge < -0.3 is 15.7 Å². The van der Waals surface area contributed by atoms with E-state index in [9.17, 15) is 14.3 Å². The van der Waals surface area contributed by atoms with E-state index in [4.69, 9.17) is 0 Å². The van der Waals surface area contributed by atoms with E-state index in [2.05, 4.69) is 15.7 Å². The normalized spacial score (nSPS) is 20.8. The number of carbonyl (C=O) groups is 1. The van der Waals surface area contributed by atoms with E-state index in [0.29, 0.717) is 12.1 Å². The van der Waals surface area contributed by atoms with Crippen molar-refractivity contribution in [3.63, 3.8) is 0 Å². The van der Waals surface area contributed by atoms with Crippen LogP contribution in [0.1, 0.15) is 23.1 Å². The third-order valence-corrected chi connectivity index (χ3v) is 4.41. The summed E-state index contributed by atoms with van der Waals surface area (Å²) in [6.45, 7) is 1.36. The van der Waals surface area contributed by atoms with Crippen LogP contribution in [0.4, 0.5) is 4.39 Å². The van der Waals surface area contributed by atoms with E-state index in [0.717, 1.165) is 12.1 Å². The topological polar surface area (TPSA) is 79.2 Å². The highest BCUT2D eigenvalue weighted by atomic mass is 35.5. The zero-order valence-electron chi connectivity index (χ0n) is 13.9. The Morgan fingerprint density at radius 1 is 1.52 bits per heavy atom. The average molecular weight is 369 g/mol. The maximum atomic E-state index is 13.2. The first-order valence-corrected chi connectivity index (χ1v) is 7.95. The molecular formula is C17H22ClFN4O2. The van der Waals surface area contributed by atoms with Crippen molar-refractivity contribution in [1.29, 1.82) is 0 Å². The Morgan fingerprint density at radius 2 is 2.32 bits per heavy atom. The lowest BCUT2D eigenvalue weighted by Crippen LogP contribution is -2.36. The van der Waals surface area contributed by atoms with Gasteiger partial charge in [-0.3, -0.25) is 9.48 Å². The summed E-state index contributed by atoms with van der Waals surface area (Å²) in [5, 5.41) is 20.3. The molecule has 3 atom stereocenters. The molecule has 25 heavy (non-hydrogen) atoms. The van der Waals surface area contributed by atoms with Crippen LogP contribution in [0.15, 0.2) is 36.7 Å². The van der Waals surface area contributed by atoms with E-state index in [-0.39, 0.29) is 36.7 Å². The molecule has 1 unspecified atom stereocenters. The molecule has 2 heterocycles. The number of aryl methyl sites for hydroxylation is 1. The maximum absolute atomic E-state index is 13.2. The van der Waals surface area contributed by atoms with E-state index in [1.165, 1.54) is 18.2 Å². The van der Waals surface area contributed by atoms with Gasteiger partial charge in [-0.2, -0.15) is 5.10 Å². The molecular weight excluding hydrogens is 347 g/mol. The van der Waals surface area contributed by atoms with Gasteiger partial charge in [0.2, 0.25) is 5.91 Å². The molecule has 3 rings (SSSR count). The molecule has 1 aliphatic heterocycles. The summed E-state index contributed by atoms with van der Waals surface area (Å²) in [6, 6.07) is 5.76. The molecule has 1 amide bonds. The Labute approximate surface area is 151 Å². The summed E-state index contributed by atoms with van der Waals surface area (Å²) < 4.78 is 14.9. The first-order valence-electron chi connectivity index (χ1n) is 7.95. The van der Waals surface area contributed by atoms with Crippen molar-refractivity contribution in [2.45, 2.75) is 12.0 Å². The lowest BCUT2D eigenvalue weighted by Gasteiger charge is -2.18. The zero-order chi connectivity index (χ0) is 17.1. The van der Waals surface area contributed by atoms with E-state index in [1.54, 1.807) is 16.9 Å². The summed E-state index contributed by atoms with van der Waals surface area (Å²) in [5.74, 6) is -0.683. The number of aromatic nitrogens is 2. The van der Waals surface area contributed by atoms with Crippen LogP contribution < -0.4 is 10.6 Å². The minimum atomic E-state index is -0.934. The van der Waals surface area contributed by atoms with E-state index >= 15 is 0 Å². The quantitative estimate of drug-likeness (QED) is 0.739. The largest absolute Gasteiger partial charge is 0.387 e. The van der Waals surface area contributed by atoms with Gasteiger partial charge in [-0.1, -0.05) is 12.1 Å². The summed E-state index contributed by atoms with van der Waals surface area (Å²) in [6.07, 6.45) is 2.76. The van der Waals surface area contributed by atoms with Crippen LogP contribution in [0.2, 0.25) is 0 Å². The molecule has 1 aromatic carbocycles. The number of halogens is 2. The van der Waals surface area contributed by atoms with Gasteiger partial charge in [-0.15, -0.1) is 12.4 Å². The Morgan fingerprint density at radius 3 is 3.00 bits per heavy atom. The zero-order valence-corrected chi connectivity index (χ0v) is 14.7. The third-order valence-electron chi connectivity index (χ3n) is 4.41. The van der Waals surface area contributed by atoms with Crippen LogP contribution in [-0.2, 0) is 11.8 Å². The van der Waals surface area contributed by atoms with Crippen molar-refractivity contribution >= 4 is 18.3 Å². The molecule has 8 heteroatoms. The number of hydrogen-bond acceptors (Lipinski definition) is 4. The highest BCUT2D eigenvalue weighted by Crippen LogP contribution is 2.28. The van der Waals surface area contributed by atoms with Crippen LogP contribution in [-0.4, -0.2) is 40.4 Å². The number of hydrogen-bond donors (Lipinski definition) is 3. The first kappa shape index (κ1) is 19.4. The Bertz CT molecular complexity index is 724. The monoisotopic (exact) mass is 368 g/mol. The number of carbonyl (C=O) groups excluding carboxylic acids is 1. The first-order chi connectivity index (χ1) is 11.5. The van der Waals surface area contributed by atoms with Crippen molar-refractivity contribution in [2.75, 3.05) is 19.6 Å². The average Bonchev–Trinajstić information content (AvgIpc) is 3.20. The van der Waals surface area contributed by atoms with Crippen LogP contribution in [0.25, 0.3) is 0 Å². The fourth-order valence-electron chi connectivity index (χ4n) is 3.10. The van der Waals surface area contributed by atoms with Gasteiger partial charge >= 0.3 is 0 Å². The Balaban J connectivity index is 0.00000225. The summed E-state index contributed by atoms with van der Waals surface area (Å²) in [5.41, 5.74) is 1.47. The van der Waals surface area contributed by atoms with Crippen molar-refractivity contribution in [2.24, 2.45) is 13.0 Å². The van der Waals surface area contributed by atoms with Gasteiger partial charge in [-0.25, -0.2) is 4.39 Å². The third kappa shape index (κ3) is 4.56. The molecule has 0 radical (unpaired) electrons. The number of rotatable bonds is 5. The van der Waals surface area contributed by atoms with E-state index in [1.807, 2.05) is 13.2 Å². The Kier molecular flexibility index (Phi) is 6.52. The van der Waals surface area contributed by atoms with Gasteiger partial charge in [0.1, 0.15) is 5.82 Å². The summed E-state index contributed by atoms with van der Waals surface area (Å²) >= 11 is 0. The SMILES string of the molecule is Cl.Cn1cc([C@H]2CNC[C@@H]2C(=O)NCC(O)c2cccc(F)c2)cn1. The Hall–Kier alpha value is -1.96. The smallest absolute Gasteiger partial charge is 0.225 e. The molecule has 1 saturated heterocycles. The molecule has 1 fully saturated rings. The van der Waals surface area contributed by atoms with Gasteiger partial charge in [0.05, 0.1) is 18.2 Å². The van der Waals surface area contributed by atoms with Gasteiger partial charge in [-0.05, 0) is 23.3 Å². The van der Waals surface area contributed by atoms with Crippen molar-refractivity contribution < 1.29 is 14.3 Å². The number of benzene rings is 1. The lowest BCUT2D eigenvalue weighted by molar-refractivity contribution is -0.125. The fraction of sp³-hybridized carbons (Fsp3) is 0.412. The predicted octanol–water partition coefficient (Wildman–Crippen LogP) is 1.13. The van der Waals surface area contributed by atoms with Gasteiger partial charge in [0.15, 0.2) is 0 Å². The predicted molar refractivity (Wildman–Crippen MR) is 93.9 cm³/mol. The second-order valence-corrected chi connectivity index (χ2v) is 6.13. The highest BCUT2D eigenvalue weighted by molar-refractivity contribution is 5.85. The van der Waals surface area contributed by atoms with Crippen molar-refractivity contribution in [3.8, 4) is 0 Å². The molecule has 136 valence electrons. The molecule has 1 aromatic heterocycles. The molecule has 0 bridgehead atoms. The minimum Gasteiger partial charge on any atom is -0.387 e. The minimum absolute atomic E-state index is 0. The molecule has 6 nitrogen and oxygen atoms in total. The number of aliphatic hydroxyl groups excluding tert-OH is 1. The molecule has 0 aliphatic carbocycles. The number of aliphatic hydroxyl groups is 1. The number of amides is 1. The molecule has 3 N–H and O–H groups in total. The molecule has 0 saturated carbocycles. The molecule has 0 spiro atoms. The number of nitrogens with one attached hydrogen (secondary N) is 2. The fourth-order valence-corrected chi connectivity index (χ4v) is 3.10. The van der Waals surface area contributed by atoms with Crippen LogP contribution in [0, 0.1) is 11.7 Å². The van der Waals surface area contributed by atoms with Gasteiger partial charge in [0.25, 0.3) is 0 Å². The van der Waals surface area contributed by atoms with Crippen molar-refractivity contribution in [1.82, 2.24) is 20.4 Å². The standard InChI is InChI=1S/C17H21FN4O2.ClH/c1-22-10-12(6-21-22)14-7-19-8-15(14)17(24)20-9-16(23)11-3-2-4-13(18)5-11;/h2-6,10,14-16,19,23H,7-9H2,1H3,(H,20,24);1H/t14-,15+,16?;/m1./s1. The maximum Gasteiger partial charge on any atom is 0.225 e. The molecule has 1 aliphatic rings. The van der Waals surface area contributed by atoms with Crippen LogP contribution >= 0.6 is 12.4 Å². The summed E-state index contributed by atoms with van der Waals surface area (Å²) in [7, 11) is 1.84. The number of nitrogens with zero attached hydrogens (tertiary/aromatic N) is 2. The molecule has 2 aromatic rings.